The molecule has 0 radical (unpaired) electrons. The van der Waals surface area contributed by atoms with E-state index in [1.807, 2.05) is 32.0 Å². The number of fused-ring (bicyclic) bond motifs is 1. The first-order valence-corrected chi connectivity index (χ1v) is 9.82. The minimum atomic E-state index is 0.0591. The summed E-state index contributed by atoms with van der Waals surface area (Å²) in [5.41, 5.74) is 8.56. The molecule has 0 bridgehead atoms. The standard InChI is InChI=1S/C24H30N2O/c1-6-7-8-15(2)17(4)21-14-23(26-18(21)5)24(27)19-9-10-22-20(13-19)16(3)11-12-25-22/h6-7,9-10,13-14,16,25-26H,8,11-12H2,1-5H3/b7-6-,17-15+. The Labute approximate surface area is 162 Å². The molecule has 0 saturated carbocycles. The van der Waals surface area contributed by atoms with E-state index in [4.69, 9.17) is 0 Å². The van der Waals surface area contributed by atoms with E-state index < -0.39 is 0 Å². The van der Waals surface area contributed by atoms with Crippen molar-refractivity contribution in [2.75, 3.05) is 11.9 Å². The molecule has 0 amide bonds. The summed E-state index contributed by atoms with van der Waals surface area (Å²) < 4.78 is 0. The predicted octanol–water partition coefficient (Wildman–Crippen LogP) is 6.23. The number of rotatable bonds is 5. The van der Waals surface area contributed by atoms with E-state index >= 15 is 0 Å². The second kappa shape index (κ2) is 7.99. The smallest absolute Gasteiger partial charge is 0.209 e. The van der Waals surface area contributed by atoms with Gasteiger partial charge in [-0.25, -0.2) is 0 Å². The lowest BCUT2D eigenvalue weighted by molar-refractivity contribution is 0.103. The number of hydrogen-bond acceptors (Lipinski definition) is 2. The Morgan fingerprint density at radius 1 is 1.26 bits per heavy atom. The van der Waals surface area contributed by atoms with E-state index in [1.165, 1.54) is 16.7 Å². The Kier molecular flexibility index (Phi) is 5.69. The second-order valence-corrected chi connectivity index (χ2v) is 7.65. The van der Waals surface area contributed by atoms with Crippen molar-refractivity contribution in [1.82, 2.24) is 4.98 Å². The van der Waals surface area contributed by atoms with Crippen LogP contribution in [0.15, 0.2) is 42.0 Å². The number of anilines is 1. The summed E-state index contributed by atoms with van der Waals surface area (Å²) >= 11 is 0. The molecule has 1 aromatic heterocycles. The molecule has 1 aromatic carbocycles. The molecule has 0 spiro atoms. The predicted molar refractivity (Wildman–Crippen MR) is 115 cm³/mol. The zero-order valence-electron chi connectivity index (χ0n) is 17.1. The van der Waals surface area contributed by atoms with Crippen LogP contribution in [0.5, 0.6) is 0 Å². The highest BCUT2D eigenvalue weighted by atomic mass is 16.1. The molecule has 2 heterocycles. The van der Waals surface area contributed by atoms with Gasteiger partial charge in [-0.05, 0) is 87.4 Å². The molecule has 1 unspecified atom stereocenters. The summed E-state index contributed by atoms with van der Waals surface area (Å²) in [6, 6.07) is 8.04. The van der Waals surface area contributed by atoms with Gasteiger partial charge in [-0.3, -0.25) is 4.79 Å². The Morgan fingerprint density at radius 3 is 2.78 bits per heavy atom. The lowest BCUT2D eigenvalue weighted by atomic mass is 9.90. The molecule has 3 rings (SSSR count). The van der Waals surface area contributed by atoms with Gasteiger partial charge in [-0.2, -0.15) is 0 Å². The normalized spacial score (nSPS) is 17.4. The van der Waals surface area contributed by atoms with Gasteiger partial charge in [0.2, 0.25) is 5.78 Å². The summed E-state index contributed by atoms with van der Waals surface area (Å²) in [5.74, 6) is 0.540. The zero-order valence-corrected chi connectivity index (χ0v) is 17.1. The highest BCUT2D eigenvalue weighted by molar-refractivity contribution is 6.08. The Hall–Kier alpha value is -2.55. The molecule has 2 aromatic rings. The summed E-state index contributed by atoms with van der Waals surface area (Å²) in [6.07, 6.45) is 6.27. The molecule has 27 heavy (non-hydrogen) atoms. The van der Waals surface area contributed by atoms with Crippen LogP contribution in [-0.4, -0.2) is 17.3 Å². The molecule has 0 saturated heterocycles. The molecule has 0 fully saturated rings. The molecule has 2 N–H and O–H groups in total. The number of H-pyrrole nitrogens is 1. The third kappa shape index (κ3) is 3.92. The number of benzene rings is 1. The Balaban J connectivity index is 1.92. The third-order valence-corrected chi connectivity index (χ3v) is 5.70. The summed E-state index contributed by atoms with van der Waals surface area (Å²) in [4.78, 5) is 16.4. The van der Waals surface area contributed by atoms with Crippen LogP contribution in [0.25, 0.3) is 5.57 Å². The van der Waals surface area contributed by atoms with Crippen molar-refractivity contribution in [3.8, 4) is 0 Å². The number of nitrogens with one attached hydrogen (secondary N) is 2. The lowest BCUT2D eigenvalue weighted by Gasteiger charge is -2.24. The number of carbonyl (C=O) groups is 1. The largest absolute Gasteiger partial charge is 0.385 e. The van der Waals surface area contributed by atoms with Crippen LogP contribution in [0.3, 0.4) is 0 Å². The van der Waals surface area contributed by atoms with Gasteiger partial charge in [0.05, 0.1) is 5.69 Å². The number of ketones is 1. The van der Waals surface area contributed by atoms with Crippen LogP contribution in [0.2, 0.25) is 0 Å². The molecule has 3 heteroatoms. The van der Waals surface area contributed by atoms with Crippen molar-refractivity contribution in [3.05, 3.63) is 70.1 Å². The van der Waals surface area contributed by atoms with Crippen molar-refractivity contribution in [2.45, 2.75) is 53.4 Å². The SMILES string of the molecule is C/C=C\C/C(C)=C(\C)c1cc(C(=O)c2ccc3c(c2)C(C)CCN3)[nH]c1C. The van der Waals surface area contributed by atoms with Crippen LogP contribution in [0.1, 0.15) is 79.3 Å². The molecule has 1 atom stereocenters. The van der Waals surface area contributed by atoms with Crippen molar-refractivity contribution in [3.63, 3.8) is 0 Å². The van der Waals surface area contributed by atoms with Crippen molar-refractivity contribution in [1.29, 1.82) is 0 Å². The molecular weight excluding hydrogens is 332 g/mol. The van der Waals surface area contributed by atoms with Gasteiger partial charge in [0, 0.05) is 23.5 Å². The fourth-order valence-corrected chi connectivity index (χ4v) is 3.75. The van der Waals surface area contributed by atoms with Gasteiger partial charge >= 0.3 is 0 Å². The van der Waals surface area contributed by atoms with E-state index in [1.54, 1.807) is 0 Å². The number of allylic oxidation sites excluding steroid dienone is 4. The van der Waals surface area contributed by atoms with E-state index in [0.29, 0.717) is 11.6 Å². The first-order valence-electron chi connectivity index (χ1n) is 9.82. The van der Waals surface area contributed by atoms with Gasteiger partial charge in [0.1, 0.15) is 0 Å². The topological polar surface area (TPSA) is 44.9 Å². The summed E-state index contributed by atoms with van der Waals surface area (Å²) in [6.45, 7) is 11.6. The maximum Gasteiger partial charge on any atom is 0.209 e. The third-order valence-electron chi connectivity index (χ3n) is 5.70. The van der Waals surface area contributed by atoms with Crippen molar-refractivity contribution in [2.24, 2.45) is 0 Å². The molecule has 0 aliphatic carbocycles. The van der Waals surface area contributed by atoms with E-state index in [2.05, 4.69) is 49.3 Å². The minimum absolute atomic E-state index is 0.0591. The van der Waals surface area contributed by atoms with Crippen LogP contribution in [-0.2, 0) is 0 Å². The first kappa shape index (κ1) is 19.2. The molecular formula is C24H30N2O. The molecule has 1 aliphatic heterocycles. The van der Waals surface area contributed by atoms with Gasteiger partial charge in [0.15, 0.2) is 0 Å². The quantitative estimate of drug-likeness (QED) is 0.489. The van der Waals surface area contributed by atoms with Crippen molar-refractivity contribution >= 4 is 17.0 Å². The number of aromatic nitrogens is 1. The van der Waals surface area contributed by atoms with Crippen LogP contribution in [0.4, 0.5) is 5.69 Å². The Morgan fingerprint density at radius 2 is 2.04 bits per heavy atom. The molecule has 3 nitrogen and oxygen atoms in total. The minimum Gasteiger partial charge on any atom is -0.385 e. The van der Waals surface area contributed by atoms with Crippen LogP contribution >= 0.6 is 0 Å². The number of hydrogen-bond donors (Lipinski definition) is 2. The average Bonchev–Trinajstić information content (AvgIpc) is 3.06. The van der Waals surface area contributed by atoms with Crippen LogP contribution in [0, 0.1) is 6.92 Å². The zero-order chi connectivity index (χ0) is 19.6. The van der Waals surface area contributed by atoms with E-state index in [-0.39, 0.29) is 5.78 Å². The second-order valence-electron chi connectivity index (χ2n) is 7.65. The molecule has 142 valence electrons. The average molecular weight is 363 g/mol. The van der Waals surface area contributed by atoms with Gasteiger partial charge < -0.3 is 10.3 Å². The highest BCUT2D eigenvalue weighted by Gasteiger charge is 2.20. The van der Waals surface area contributed by atoms with E-state index in [9.17, 15) is 4.79 Å². The fourth-order valence-electron chi connectivity index (χ4n) is 3.75. The fraction of sp³-hybridized carbons (Fsp3) is 0.375. The van der Waals surface area contributed by atoms with E-state index in [0.717, 1.165) is 41.9 Å². The maximum absolute atomic E-state index is 13.1. The van der Waals surface area contributed by atoms with Crippen molar-refractivity contribution < 1.29 is 4.79 Å². The van der Waals surface area contributed by atoms with Gasteiger partial charge in [0.25, 0.3) is 0 Å². The van der Waals surface area contributed by atoms with Crippen LogP contribution < -0.4 is 5.32 Å². The summed E-state index contributed by atoms with van der Waals surface area (Å²) in [7, 11) is 0. The maximum atomic E-state index is 13.1. The monoisotopic (exact) mass is 362 g/mol. The first-order chi connectivity index (χ1) is 12.9. The van der Waals surface area contributed by atoms with Gasteiger partial charge in [-0.1, -0.05) is 24.6 Å². The lowest BCUT2D eigenvalue weighted by Crippen LogP contribution is -2.15. The Bertz CT molecular complexity index is 914. The number of aromatic amines is 1. The van der Waals surface area contributed by atoms with Gasteiger partial charge in [-0.15, -0.1) is 0 Å². The summed E-state index contributed by atoms with van der Waals surface area (Å²) in [5, 5.41) is 3.43. The highest BCUT2D eigenvalue weighted by Crippen LogP contribution is 2.32. The number of aryl methyl sites for hydroxylation is 1. The number of carbonyl (C=O) groups excluding carboxylic acids is 1. The molecule has 1 aliphatic rings.